The summed E-state index contributed by atoms with van der Waals surface area (Å²) in [4.78, 5) is 5.33. The van der Waals surface area contributed by atoms with Gasteiger partial charge in [0.05, 0.1) is 0 Å². The van der Waals surface area contributed by atoms with Gasteiger partial charge in [0.15, 0.2) is 0 Å². The molecule has 0 fully saturated rings. The Kier molecular flexibility index (Phi) is 8.64. The van der Waals surface area contributed by atoms with Gasteiger partial charge in [-0.15, -0.1) is 0 Å². The largest absolute Gasteiger partial charge is 0.311 e. The van der Waals surface area contributed by atoms with Crippen molar-refractivity contribution in [1.29, 1.82) is 0 Å². The van der Waals surface area contributed by atoms with E-state index in [9.17, 15) is 0 Å². The van der Waals surface area contributed by atoms with Gasteiger partial charge in [-0.1, -0.05) is 152 Å². The Labute approximate surface area is 377 Å². The zero-order valence-corrected chi connectivity index (χ0v) is 39.3. The Morgan fingerprint density at radius 1 is 0.381 bits per heavy atom. The fraction of sp³-hybridized carbons (Fsp3) is 0.300. The van der Waals surface area contributed by atoms with Gasteiger partial charge in [-0.05, 0) is 176 Å². The van der Waals surface area contributed by atoms with Crippen LogP contribution in [0.3, 0.4) is 0 Å². The summed E-state index contributed by atoms with van der Waals surface area (Å²) in [6.07, 6.45) is 3.51. The fourth-order valence-corrected chi connectivity index (χ4v) is 12.5. The molecule has 0 saturated carbocycles. The smallest absolute Gasteiger partial charge is 0.252 e. The van der Waals surface area contributed by atoms with Crippen molar-refractivity contribution >= 4 is 57.2 Å². The average Bonchev–Trinajstić information content (AvgIpc) is 3.44. The average molecular weight is 821 g/mol. The highest BCUT2D eigenvalue weighted by Crippen LogP contribution is 2.55. The first-order valence-electron chi connectivity index (χ1n) is 23.4. The van der Waals surface area contributed by atoms with Crippen LogP contribution in [0, 0.1) is 20.8 Å². The third-order valence-corrected chi connectivity index (χ3v) is 15.8. The van der Waals surface area contributed by atoms with Crippen LogP contribution in [0.5, 0.6) is 0 Å². The summed E-state index contributed by atoms with van der Waals surface area (Å²) in [6, 6.07) is 51.6. The summed E-state index contributed by atoms with van der Waals surface area (Å²) in [5, 5.41) is 0. The van der Waals surface area contributed by atoms with Gasteiger partial charge in [0.25, 0.3) is 6.71 Å². The molecule has 7 aromatic rings. The lowest BCUT2D eigenvalue weighted by Crippen LogP contribution is -2.61. The van der Waals surface area contributed by atoms with Crippen molar-refractivity contribution in [3.63, 3.8) is 0 Å². The number of hydrogen-bond acceptors (Lipinski definition) is 2. The molecular weight excluding hydrogens is 759 g/mol. The number of hydrogen-bond donors (Lipinski definition) is 0. The highest BCUT2D eigenvalue weighted by atomic mass is 15.2. The van der Waals surface area contributed by atoms with Crippen molar-refractivity contribution in [2.75, 3.05) is 9.80 Å². The second-order valence-electron chi connectivity index (χ2n) is 22.2. The van der Waals surface area contributed by atoms with Crippen LogP contribution in [0.4, 0.5) is 34.1 Å². The van der Waals surface area contributed by atoms with E-state index in [4.69, 9.17) is 0 Å². The summed E-state index contributed by atoms with van der Waals surface area (Å²) in [5.74, 6) is 0. The Balaban J connectivity index is 1.26. The summed E-state index contributed by atoms with van der Waals surface area (Å²) >= 11 is 0. The Morgan fingerprint density at radius 2 is 0.857 bits per heavy atom. The quantitative estimate of drug-likeness (QED) is 0.163. The van der Waals surface area contributed by atoms with Crippen LogP contribution in [0.1, 0.15) is 114 Å². The monoisotopic (exact) mass is 820 g/mol. The van der Waals surface area contributed by atoms with E-state index in [2.05, 4.69) is 219 Å². The summed E-state index contributed by atoms with van der Waals surface area (Å²) in [7, 11) is 0. The number of benzene rings is 7. The zero-order valence-electron chi connectivity index (χ0n) is 39.3. The first-order valence-corrected chi connectivity index (χ1v) is 23.4. The Morgan fingerprint density at radius 3 is 1.48 bits per heavy atom. The molecule has 0 radical (unpaired) electrons. The number of fused-ring (bicyclic) bond motifs is 6. The molecule has 63 heavy (non-hydrogen) atoms. The van der Waals surface area contributed by atoms with Gasteiger partial charge < -0.3 is 9.80 Å². The van der Waals surface area contributed by atoms with E-state index in [1.807, 2.05) is 0 Å². The third kappa shape index (κ3) is 6.05. The van der Waals surface area contributed by atoms with Crippen LogP contribution >= 0.6 is 0 Å². The molecule has 2 aliphatic heterocycles. The molecule has 0 bridgehead atoms. The standard InChI is InChI=1S/C60H61BN2/c1-37-28-54-56-55(29-37)63(52-34-46-44(30-39(52)3)57(4,5)26-27-58(46,6)7)53-35-47-45(59(8,9)36-60(47,10)11)33-49(53)61(56)48-31-42(40-18-14-12-15-19-40)24-25-50(48)62(54)51-32-43(23-22-38(51)2)41-20-16-13-17-21-41/h12-25,28-35H,26-27,36H2,1-11H3. The van der Waals surface area contributed by atoms with Crippen LogP contribution < -0.4 is 26.2 Å². The molecule has 2 aliphatic carbocycles. The molecule has 0 spiro atoms. The number of aryl methyl sites for hydroxylation is 3. The first kappa shape index (κ1) is 40.0. The summed E-state index contributed by atoms with van der Waals surface area (Å²) < 4.78 is 0. The molecule has 0 aromatic heterocycles. The van der Waals surface area contributed by atoms with E-state index in [1.165, 1.54) is 125 Å². The second kappa shape index (κ2) is 13.6. The van der Waals surface area contributed by atoms with Crippen LogP contribution in [0.15, 0.2) is 133 Å². The lowest BCUT2D eigenvalue weighted by molar-refractivity contribution is 0.332. The minimum Gasteiger partial charge on any atom is -0.311 e. The second-order valence-corrected chi connectivity index (χ2v) is 22.2. The molecule has 0 atom stereocenters. The topological polar surface area (TPSA) is 6.48 Å². The summed E-state index contributed by atoms with van der Waals surface area (Å²) in [6.45, 7) is 26.7. The van der Waals surface area contributed by atoms with Crippen LogP contribution in [0.25, 0.3) is 22.3 Å². The minimum absolute atomic E-state index is 0.0347. The van der Waals surface area contributed by atoms with Crippen molar-refractivity contribution in [2.45, 2.75) is 117 Å². The molecule has 0 saturated heterocycles. The minimum atomic E-state index is 0.0347. The maximum absolute atomic E-state index is 2.71. The van der Waals surface area contributed by atoms with Crippen molar-refractivity contribution in [2.24, 2.45) is 0 Å². The molecule has 3 heteroatoms. The lowest BCUT2D eigenvalue weighted by Gasteiger charge is -2.47. The van der Waals surface area contributed by atoms with Crippen LogP contribution in [-0.4, -0.2) is 6.71 Å². The van der Waals surface area contributed by atoms with E-state index in [1.54, 1.807) is 0 Å². The van der Waals surface area contributed by atoms with Crippen molar-refractivity contribution in [3.8, 4) is 22.3 Å². The molecular formula is C60H61BN2. The van der Waals surface area contributed by atoms with E-state index in [0.717, 1.165) is 6.42 Å². The highest BCUT2D eigenvalue weighted by molar-refractivity contribution is 7.00. The maximum Gasteiger partial charge on any atom is 0.252 e. The molecule has 4 aliphatic rings. The SMILES string of the molecule is Cc1cc2c3c(c1)N(c1cc4c(cc1C)C(C)(C)CCC4(C)C)c1cc4c(cc1B3c1cc(-c3ccccc3)ccc1N2c1cc(-c2ccccc2)ccc1C)C(C)(C)CC4(C)C. The van der Waals surface area contributed by atoms with Crippen molar-refractivity contribution in [1.82, 2.24) is 0 Å². The molecule has 7 aromatic carbocycles. The Hall–Kier alpha value is -5.80. The molecule has 0 amide bonds. The zero-order chi connectivity index (χ0) is 44.0. The van der Waals surface area contributed by atoms with E-state index < -0.39 is 0 Å². The number of rotatable bonds is 4. The third-order valence-electron chi connectivity index (χ3n) is 15.8. The molecule has 2 heterocycles. The maximum atomic E-state index is 2.71. The molecule has 0 unspecified atom stereocenters. The van der Waals surface area contributed by atoms with Gasteiger partial charge in [-0.25, -0.2) is 0 Å². The van der Waals surface area contributed by atoms with Crippen LogP contribution in [0.2, 0.25) is 0 Å². The predicted octanol–water partition coefficient (Wildman–Crippen LogP) is 14.3. The fourth-order valence-electron chi connectivity index (χ4n) is 12.5. The van der Waals surface area contributed by atoms with Gasteiger partial charge in [0, 0.05) is 34.1 Å². The Bertz CT molecular complexity index is 3020. The van der Waals surface area contributed by atoms with Crippen molar-refractivity contribution in [3.05, 3.63) is 172 Å². The number of nitrogens with zero attached hydrogens (tertiary/aromatic N) is 2. The van der Waals surface area contributed by atoms with Crippen LogP contribution in [-0.2, 0) is 21.7 Å². The van der Waals surface area contributed by atoms with E-state index in [0.29, 0.717) is 0 Å². The molecule has 0 N–H and O–H groups in total. The van der Waals surface area contributed by atoms with Gasteiger partial charge in [0.2, 0.25) is 0 Å². The van der Waals surface area contributed by atoms with E-state index >= 15 is 0 Å². The molecule has 2 nitrogen and oxygen atoms in total. The van der Waals surface area contributed by atoms with Gasteiger partial charge in [-0.3, -0.25) is 0 Å². The van der Waals surface area contributed by atoms with Gasteiger partial charge in [0.1, 0.15) is 0 Å². The lowest BCUT2D eigenvalue weighted by atomic mass is 9.33. The predicted molar refractivity (Wildman–Crippen MR) is 272 cm³/mol. The molecule has 11 rings (SSSR count). The summed E-state index contributed by atoms with van der Waals surface area (Å²) in [5.41, 5.74) is 27.0. The highest BCUT2D eigenvalue weighted by Gasteiger charge is 2.49. The van der Waals surface area contributed by atoms with Gasteiger partial charge >= 0.3 is 0 Å². The van der Waals surface area contributed by atoms with E-state index in [-0.39, 0.29) is 28.4 Å². The van der Waals surface area contributed by atoms with Gasteiger partial charge in [-0.2, -0.15) is 0 Å². The first-order chi connectivity index (χ1) is 29.9. The number of anilines is 6. The normalized spacial score (nSPS) is 18.0. The van der Waals surface area contributed by atoms with Crippen molar-refractivity contribution < 1.29 is 0 Å². The molecule has 314 valence electrons.